The number of aliphatic hydroxyl groups excluding tert-OH is 1. The van der Waals surface area contributed by atoms with E-state index in [-0.39, 0.29) is 12.0 Å². The molecule has 1 rings (SSSR count). The lowest BCUT2D eigenvalue weighted by Crippen LogP contribution is -2.33. The lowest BCUT2D eigenvalue weighted by atomic mass is 9.83. The van der Waals surface area contributed by atoms with Crippen LogP contribution in [0.25, 0.3) is 0 Å². The van der Waals surface area contributed by atoms with Gasteiger partial charge in [0.15, 0.2) is 0 Å². The molecule has 0 saturated heterocycles. The number of nitrogens with zero attached hydrogens (tertiary/aromatic N) is 1. The van der Waals surface area contributed by atoms with Gasteiger partial charge in [0, 0.05) is 24.4 Å². The van der Waals surface area contributed by atoms with E-state index in [0.29, 0.717) is 12.5 Å². The van der Waals surface area contributed by atoms with E-state index in [0.717, 1.165) is 31.4 Å². The highest BCUT2D eigenvalue weighted by atomic mass is 16.3. The van der Waals surface area contributed by atoms with Crippen molar-refractivity contribution in [3.05, 3.63) is 30.1 Å². The fourth-order valence-electron chi connectivity index (χ4n) is 2.59. The fourth-order valence-corrected chi connectivity index (χ4v) is 2.59. The van der Waals surface area contributed by atoms with Gasteiger partial charge in [-0.15, -0.1) is 0 Å². The van der Waals surface area contributed by atoms with Crippen molar-refractivity contribution in [3.63, 3.8) is 0 Å². The average molecular weight is 250 g/mol. The first-order valence-electron chi connectivity index (χ1n) is 7.03. The molecule has 0 spiro atoms. The zero-order valence-electron chi connectivity index (χ0n) is 11.5. The molecule has 2 atom stereocenters. The number of pyridine rings is 1. The second-order valence-corrected chi connectivity index (χ2v) is 4.92. The Morgan fingerprint density at radius 3 is 2.33 bits per heavy atom. The molecule has 0 aliphatic rings. The summed E-state index contributed by atoms with van der Waals surface area (Å²) in [5.41, 5.74) is 6.74. The van der Waals surface area contributed by atoms with E-state index in [4.69, 9.17) is 5.73 Å². The van der Waals surface area contributed by atoms with Crippen molar-refractivity contribution < 1.29 is 5.11 Å². The quantitative estimate of drug-likeness (QED) is 0.745. The van der Waals surface area contributed by atoms with Gasteiger partial charge < -0.3 is 10.8 Å². The van der Waals surface area contributed by atoms with Gasteiger partial charge in [-0.05, 0) is 30.9 Å². The van der Waals surface area contributed by atoms with Crippen molar-refractivity contribution in [2.24, 2.45) is 11.7 Å². The molecular weight excluding hydrogens is 224 g/mol. The summed E-state index contributed by atoms with van der Waals surface area (Å²) < 4.78 is 0. The average Bonchev–Trinajstić information content (AvgIpc) is 2.40. The fraction of sp³-hybridized carbons (Fsp3) is 0.667. The van der Waals surface area contributed by atoms with Gasteiger partial charge in [0.1, 0.15) is 0 Å². The van der Waals surface area contributed by atoms with Gasteiger partial charge in [-0.25, -0.2) is 0 Å². The highest BCUT2D eigenvalue weighted by molar-refractivity contribution is 5.12. The molecular formula is C15H26N2O. The first kappa shape index (κ1) is 15.1. The van der Waals surface area contributed by atoms with Crippen molar-refractivity contribution in [3.8, 4) is 0 Å². The molecule has 0 saturated carbocycles. The predicted molar refractivity (Wildman–Crippen MR) is 75.3 cm³/mol. The molecule has 18 heavy (non-hydrogen) atoms. The van der Waals surface area contributed by atoms with E-state index in [1.807, 2.05) is 18.2 Å². The van der Waals surface area contributed by atoms with Crippen LogP contribution in [-0.4, -0.2) is 22.7 Å². The Bertz CT molecular complexity index is 310. The SMILES string of the molecule is CCCC(CCC)C(O)C(CN)c1ccccn1. The van der Waals surface area contributed by atoms with E-state index in [1.165, 1.54) is 0 Å². The topological polar surface area (TPSA) is 59.1 Å². The molecule has 102 valence electrons. The molecule has 0 aliphatic heterocycles. The summed E-state index contributed by atoms with van der Waals surface area (Å²) in [6.07, 6.45) is 5.68. The lowest BCUT2D eigenvalue weighted by molar-refractivity contribution is 0.0710. The molecule has 0 fully saturated rings. The highest BCUT2D eigenvalue weighted by Crippen LogP contribution is 2.28. The van der Waals surface area contributed by atoms with Gasteiger partial charge in [0.25, 0.3) is 0 Å². The van der Waals surface area contributed by atoms with E-state index in [9.17, 15) is 5.11 Å². The molecule has 1 aromatic heterocycles. The summed E-state index contributed by atoms with van der Waals surface area (Å²) in [5, 5.41) is 10.6. The molecule has 3 nitrogen and oxygen atoms in total. The zero-order valence-corrected chi connectivity index (χ0v) is 11.5. The number of rotatable bonds is 8. The van der Waals surface area contributed by atoms with Crippen LogP contribution in [0.3, 0.4) is 0 Å². The van der Waals surface area contributed by atoms with Crippen LogP contribution >= 0.6 is 0 Å². The number of hydrogen-bond donors (Lipinski definition) is 2. The Labute approximate surface area is 110 Å². The molecule has 0 radical (unpaired) electrons. The third-order valence-corrected chi connectivity index (χ3v) is 3.54. The summed E-state index contributed by atoms with van der Waals surface area (Å²) in [6.45, 7) is 4.77. The third-order valence-electron chi connectivity index (χ3n) is 3.54. The van der Waals surface area contributed by atoms with E-state index >= 15 is 0 Å². The minimum atomic E-state index is -0.384. The Morgan fingerprint density at radius 1 is 1.22 bits per heavy atom. The maximum atomic E-state index is 10.6. The zero-order chi connectivity index (χ0) is 13.4. The molecule has 2 unspecified atom stereocenters. The lowest BCUT2D eigenvalue weighted by Gasteiger charge is -2.28. The van der Waals surface area contributed by atoms with Gasteiger partial charge >= 0.3 is 0 Å². The molecule has 3 heteroatoms. The number of aliphatic hydroxyl groups is 1. The van der Waals surface area contributed by atoms with Gasteiger partial charge in [0.2, 0.25) is 0 Å². The largest absolute Gasteiger partial charge is 0.392 e. The van der Waals surface area contributed by atoms with E-state index in [2.05, 4.69) is 18.8 Å². The van der Waals surface area contributed by atoms with Crippen LogP contribution in [0, 0.1) is 5.92 Å². The van der Waals surface area contributed by atoms with Crippen LogP contribution in [0.15, 0.2) is 24.4 Å². The van der Waals surface area contributed by atoms with Gasteiger partial charge in [0.05, 0.1) is 6.10 Å². The second-order valence-electron chi connectivity index (χ2n) is 4.92. The Balaban J connectivity index is 2.79. The van der Waals surface area contributed by atoms with Crippen molar-refractivity contribution in [1.29, 1.82) is 0 Å². The first-order valence-corrected chi connectivity index (χ1v) is 7.03. The molecule has 0 amide bonds. The van der Waals surface area contributed by atoms with Gasteiger partial charge in [-0.2, -0.15) is 0 Å². The summed E-state index contributed by atoms with van der Waals surface area (Å²) >= 11 is 0. The van der Waals surface area contributed by atoms with Crippen LogP contribution < -0.4 is 5.73 Å². The van der Waals surface area contributed by atoms with Crippen molar-refractivity contribution >= 4 is 0 Å². The number of aromatic nitrogens is 1. The molecule has 0 bridgehead atoms. The number of hydrogen-bond acceptors (Lipinski definition) is 3. The van der Waals surface area contributed by atoms with Crippen LogP contribution in [0.4, 0.5) is 0 Å². The van der Waals surface area contributed by atoms with Crippen LogP contribution in [0.5, 0.6) is 0 Å². The summed E-state index contributed by atoms with van der Waals surface area (Å²) in [4.78, 5) is 4.33. The van der Waals surface area contributed by atoms with Crippen LogP contribution in [-0.2, 0) is 0 Å². The standard InChI is InChI=1S/C15H26N2O/c1-3-7-12(8-4-2)15(18)13(11-16)14-9-5-6-10-17-14/h5-6,9-10,12-13,15,18H,3-4,7-8,11,16H2,1-2H3. The van der Waals surface area contributed by atoms with Crippen LogP contribution in [0.2, 0.25) is 0 Å². The van der Waals surface area contributed by atoms with Gasteiger partial charge in [-0.1, -0.05) is 32.8 Å². The summed E-state index contributed by atoms with van der Waals surface area (Å²) in [7, 11) is 0. The smallest absolute Gasteiger partial charge is 0.0664 e. The monoisotopic (exact) mass is 250 g/mol. The molecule has 0 aliphatic carbocycles. The maximum absolute atomic E-state index is 10.6. The predicted octanol–water partition coefficient (Wildman–Crippen LogP) is 2.70. The Hall–Kier alpha value is -0.930. The van der Waals surface area contributed by atoms with Crippen molar-refractivity contribution in [1.82, 2.24) is 4.98 Å². The third kappa shape index (κ3) is 4.07. The van der Waals surface area contributed by atoms with Crippen molar-refractivity contribution in [2.45, 2.75) is 51.6 Å². The molecule has 3 N–H and O–H groups in total. The van der Waals surface area contributed by atoms with E-state index < -0.39 is 0 Å². The Kier molecular flexibility index (Phi) is 6.91. The highest BCUT2D eigenvalue weighted by Gasteiger charge is 2.27. The summed E-state index contributed by atoms with van der Waals surface area (Å²) in [6, 6.07) is 5.79. The van der Waals surface area contributed by atoms with E-state index in [1.54, 1.807) is 6.20 Å². The summed E-state index contributed by atoms with van der Waals surface area (Å²) in [5.74, 6) is 0.282. The minimum absolute atomic E-state index is 0.0469. The first-order chi connectivity index (χ1) is 8.74. The van der Waals surface area contributed by atoms with Gasteiger partial charge in [-0.3, -0.25) is 4.98 Å². The van der Waals surface area contributed by atoms with Crippen LogP contribution in [0.1, 0.15) is 51.1 Å². The Morgan fingerprint density at radius 2 is 1.89 bits per heavy atom. The second kappa shape index (κ2) is 8.22. The molecule has 1 aromatic rings. The number of nitrogens with two attached hydrogens (primary N) is 1. The maximum Gasteiger partial charge on any atom is 0.0664 e. The minimum Gasteiger partial charge on any atom is -0.392 e. The van der Waals surface area contributed by atoms with Crippen molar-refractivity contribution in [2.75, 3.05) is 6.54 Å². The molecule has 0 aromatic carbocycles. The normalized spacial score (nSPS) is 14.7. The molecule has 1 heterocycles.